The Kier molecular flexibility index (Phi) is 5.78. The van der Waals surface area contributed by atoms with Gasteiger partial charge in [-0.15, -0.1) is 0 Å². The molecule has 0 saturated heterocycles. The smallest absolute Gasteiger partial charge is 0.0462 e. The molecule has 1 nitrogen and oxygen atoms in total. The highest BCUT2D eigenvalue weighted by Gasteiger charge is 2.12. The second-order valence-electron chi connectivity index (χ2n) is 8.50. The van der Waals surface area contributed by atoms with E-state index in [4.69, 9.17) is 0 Å². The fourth-order valence-corrected chi connectivity index (χ4v) is 4.15. The van der Waals surface area contributed by atoms with Gasteiger partial charge in [0.2, 0.25) is 0 Å². The number of anilines is 3. The lowest BCUT2D eigenvalue weighted by Gasteiger charge is -2.26. The molecule has 0 unspecified atom stereocenters. The van der Waals surface area contributed by atoms with Crippen molar-refractivity contribution in [3.63, 3.8) is 0 Å². The van der Waals surface area contributed by atoms with Crippen molar-refractivity contribution in [3.05, 3.63) is 139 Å². The molecule has 0 atom stereocenters. The summed E-state index contributed by atoms with van der Waals surface area (Å²) in [5.41, 5.74) is 10.9. The van der Waals surface area contributed by atoms with Gasteiger partial charge in [-0.2, -0.15) is 0 Å². The average Bonchev–Trinajstić information content (AvgIpc) is 2.87. The zero-order chi connectivity index (χ0) is 22.6. The standard InChI is InChI=1S/C32H27N/c1-24-11-17-30(18-12-24)33(31-19-13-25(2)14-20-31)32-21-15-27(16-22-32)29-10-6-9-28(23-29)26-7-4-3-5-8-26/h3-23H,1-2H3. The van der Waals surface area contributed by atoms with Crippen LogP contribution in [-0.2, 0) is 0 Å². The van der Waals surface area contributed by atoms with Gasteiger partial charge in [0, 0.05) is 17.1 Å². The third kappa shape index (κ3) is 4.58. The first kappa shape index (κ1) is 20.8. The minimum absolute atomic E-state index is 1.14. The Balaban J connectivity index is 1.51. The van der Waals surface area contributed by atoms with Crippen molar-refractivity contribution >= 4 is 17.1 Å². The third-order valence-corrected chi connectivity index (χ3v) is 6.01. The molecule has 0 aliphatic rings. The fourth-order valence-electron chi connectivity index (χ4n) is 4.15. The van der Waals surface area contributed by atoms with E-state index in [9.17, 15) is 0 Å². The number of rotatable bonds is 5. The van der Waals surface area contributed by atoms with E-state index >= 15 is 0 Å². The van der Waals surface area contributed by atoms with Gasteiger partial charge in [-0.3, -0.25) is 0 Å². The third-order valence-electron chi connectivity index (χ3n) is 6.01. The molecule has 0 amide bonds. The zero-order valence-electron chi connectivity index (χ0n) is 19.1. The molecular weight excluding hydrogens is 398 g/mol. The van der Waals surface area contributed by atoms with Gasteiger partial charge in [0.05, 0.1) is 0 Å². The predicted octanol–water partition coefficient (Wildman–Crippen LogP) is 9.11. The van der Waals surface area contributed by atoms with Crippen LogP contribution in [0.1, 0.15) is 11.1 Å². The summed E-state index contributed by atoms with van der Waals surface area (Å²) in [5.74, 6) is 0. The summed E-state index contributed by atoms with van der Waals surface area (Å²) in [6.07, 6.45) is 0. The van der Waals surface area contributed by atoms with E-state index in [1.54, 1.807) is 0 Å². The Hall–Kier alpha value is -4.10. The van der Waals surface area contributed by atoms with Gasteiger partial charge in [-0.1, -0.05) is 96.1 Å². The quantitative estimate of drug-likeness (QED) is 0.271. The van der Waals surface area contributed by atoms with Crippen molar-refractivity contribution in [1.29, 1.82) is 0 Å². The van der Waals surface area contributed by atoms with Crippen LogP contribution in [0.5, 0.6) is 0 Å². The highest BCUT2D eigenvalue weighted by atomic mass is 15.1. The molecule has 0 spiro atoms. The van der Waals surface area contributed by atoms with E-state index in [0.29, 0.717) is 0 Å². The molecule has 33 heavy (non-hydrogen) atoms. The summed E-state index contributed by atoms with van der Waals surface area (Å²) >= 11 is 0. The first-order valence-corrected chi connectivity index (χ1v) is 11.4. The second-order valence-corrected chi connectivity index (χ2v) is 8.50. The molecule has 5 rings (SSSR count). The molecule has 0 fully saturated rings. The van der Waals surface area contributed by atoms with Crippen molar-refractivity contribution in [2.45, 2.75) is 13.8 Å². The molecule has 5 aromatic carbocycles. The number of hydrogen-bond donors (Lipinski definition) is 0. The second kappa shape index (κ2) is 9.18. The molecule has 0 heterocycles. The first-order valence-electron chi connectivity index (χ1n) is 11.4. The Morgan fingerprint density at radius 3 is 1.24 bits per heavy atom. The highest BCUT2D eigenvalue weighted by Crippen LogP contribution is 2.36. The van der Waals surface area contributed by atoms with Crippen LogP contribution in [0.3, 0.4) is 0 Å². The van der Waals surface area contributed by atoms with Gasteiger partial charge in [0.1, 0.15) is 0 Å². The van der Waals surface area contributed by atoms with Crippen LogP contribution in [0, 0.1) is 13.8 Å². The maximum Gasteiger partial charge on any atom is 0.0462 e. The summed E-state index contributed by atoms with van der Waals surface area (Å²) in [4.78, 5) is 2.31. The number of aryl methyl sites for hydroxylation is 2. The van der Waals surface area contributed by atoms with Crippen LogP contribution in [-0.4, -0.2) is 0 Å². The van der Waals surface area contributed by atoms with E-state index in [1.165, 1.54) is 33.4 Å². The minimum Gasteiger partial charge on any atom is -0.311 e. The Bertz CT molecular complexity index is 1290. The van der Waals surface area contributed by atoms with Crippen molar-refractivity contribution in [2.75, 3.05) is 4.90 Å². The molecule has 5 aromatic rings. The van der Waals surface area contributed by atoms with Gasteiger partial charge in [0.25, 0.3) is 0 Å². The summed E-state index contributed by atoms with van der Waals surface area (Å²) in [6, 6.07) is 45.6. The summed E-state index contributed by atoms with van der Waals surface area (Å²) in [5, 5.41) is 0. The molecule has 0 radical (unpaired) electrons. The molecule has 0 aliphatic carbocycles. The van der Waals surface area contributed by atoms with Crippen molar-refractivity contribution in [2.24, 2.45) is 0 Å². The highest BCUT2D eigenvalue weighted by molar-refractivity contribution is 5.79. The predicted molar refractivity (Wildman–Crippen MR) is 141 cm³/mol. The van der Waals surface area contributed by atoms with Crippen molar-refractivity contribution < 1.29 is 0 Å². The van der Waals surface area contributed by atoms with E-state index < -0.39 is 0 Å². The van der Waals surface area contributed by atoms with Crippen molar-refractivity contribution in [1.82, 2.24) is 0 Å². The fraction of sp³-hybridized carbons (Fsp3) is 0.0625. The number of hydrogen-bond acceptors (Lipinski definition) is 1. The van der Waals surface area contributed by atoms with E-state index in [2.05, 4.69) is 146 Å². The Labute approximate surface area is 196 Å². The van der Waals surface area contributed by atoms with Gasteiger partial charge < -0.3 is 4.90 Å². The van der Waals surface area contributed by atoms with Crippen molar-refractivity contribution in [3.8, 4) is 22.3 Å². The van der Waals surface area contributed by atoms with E-state index in [-0.39, 0.29) is 0 Å². The van der Waals surface area contributed by atoms with Crippen LogP contribution in [0.25, 0.3) is 22.3 Å². The normalized spacial score (nSPS) is 10.7. The van der Waals surface area contributed by atoms with Crippen LogP contribution >= 0.6 is 0 Å². The molecular formula is C32H27N. The van der Waals surface area contributed by atoms with Crippen LogP contribution in [0.15, 0.2) is 127 Å². The van der Waals surface area contributed by atoms with Gasteiger partial charge in [0.15, 0.2) is 0 Å². The summed E-state index contributed by atoms with van der Waals surface area (Å²) < 4.78 is 0. The minimum atomic E-state index is 1.14. The molecule has 1 heteroatoms. The maximum absolute atomic E-state index is 2.31. The summed E-state index contributed by atoms with van der Waals surface area (Å²) in [6.45, 7) is 4.25. The number of benzene rings is 5. The van der Waals surface area contributed by atoms with E-state index in [1.807, 2.05) is 0 Å². The van der Waals surface area contributed by atoms with Crippen LogP contribution < -0.4 is 4.90 Å². The monoisotopic (exact) mass is 425 g/mol. The van der Waals surface area contributed by atoms with Gasteiger partial charge in [-0.05, 0) is 78.6 Å². The van der Waals surface area contributed by atoms with Crippen LogP contribution in [0.2, 0.25) is 0 Å². The molecule has 0 N–H and O–H groups in total. The lowest BCUT2D eigenvalue weighted by Crippen LogP contribution is -2.09. The zero-order valence-corrected chi connectivity index (χ0v) is 19.1. The van der Waals surface area contributed by atoms with Gasteiger partial charge in [-0.25, -0.2) is 0 Å². The molecule has 0 bridgehead atoms. The lowest BCUT2D eigenvalue weighted by molar-refractivity contribution is 1.27. The molecule has 0 saturated carbocycles. The molecule has 160 valence electrons. The molecule has 0 aliphatic heterocycles. The first-order chi connectivity index (χ1) is 16.2. The lowest BCUT2D eigenvalue weighted by atomic mass is 9.99. The van der Waals surface area contributed by atoms with Crippen LogP contribution in [0.4, 0.5) is 17.1 Å². The topological polar surface area (TPSA) is 3.24 Å². The summed E-state index contributed by atoms with van der Waals surface area (Å²) in [7, 11) is 0. The molecule has 0 aromatic heterocycles. The average molecular weight is 426 g/mol. The Morgan fingerprint density at radius 2 is 0.758 bits per heavy atom. The Morgan fingerprint density at radius 1 is 0.364 bits per heavy atom. The largest absolute Gasteiger partial charge is 0.311 e. The SMILES string of the molecule is Cc1ccc(N(c2ccc(C)cc2)c2ccc(-c3cccc(-c4ccccc4)c3)cc2)cc1. The van der Waals surface area contributed by atoms with Gasteiger partial charge >= 0.3 is 0 Å². The number of nitrogens with zero attached hydrogens (tertiary/aromatic N) is 1. The maximum atomic E-state index is 2.31. The van der Waals surface area contributed by atoms with E-state index in [0.717, 1.165) is 17.1 Å².